The lowest BCUT2D eigenvalue weighted by molar-refractivity contribution is -0.355. The van der Waals surface area contributed by atoms with Crippen LogP contribution in [-0.4, -0.2) is 115 Å². The fraction of sp³-hybridized carbons (Fsp3) is 1.00. The van der Waals surface area contributed by atoms with Crippen LogP contribution in [-0.2, 0) is 14.2 Å². The number of aliphatic hydroxyl groups is 8. The summed E-state index contributed by atoms with van der Waals surface area (Å²) in [7, 11) is 0. The normalized spacial score (nSPS) is 51.7. The zero-order chi connectivity index (χ0) is 17.3. The molecule has 0 amide bonds. The average Bonchev–Trinajstić information content (AvgIpc) is 2.55. The molecule has 2 rings (SSSR count). The highest BCUT2D eigenvalue weighted by Gasteiger charge is 2.50. The largest absolute Gasteiger partial charge is 0.394 e. The van der Waals surface area contributed by atoms with Crippen LogP contribution in [0.1, 0.15) is 0 Å². The Balaban J connectivity index is 2.11. The summed E-state index contributed by atoms with van der Waals surface area (Å²) in [6.07, 6.45) is -15.6. The highest BCUT2D eigenvalue weighted by molar-refractivity contribution is 4.93. The molecule has 2 heterocycles. The average molecular weight is 343 g/mol. The molecular weight excluding hydrogens is 321 g/mol. The predicted octanol–water partition coefficient (Wildman–Crippen LogP) is -5.40. The van der Waals surface area contributed by atoms with Gasteiger partial charge in [0, 0.05) is 0 Å². The van der Waals surface area contributed by atoms with Gasteiger partial charge in [-0.3, -0.25) is 0 Å². The molecule has 0 aliphatic carbocycles. The molecule has 0 bridgehead atoms. The zero-order valence-corrected chi connectivity index (χ0v) is 12.0. The van der Waals surface area contributed by atoms with Crippen LogP contribution in [0.25, 0.3) is 0 Å². The molecule has 2 aliphatic rings. The van der Waals surface area contributed by atoms with Gasteiger partial charge in [0.2, 0.25) is 0 Å². The minimum absolute atomic E-state index is 0.667. The van der Waals surface area contributed by atoms with Gasteiger partial charge in [0.05, 0.1) is 13.2 Å². The highest BCUT2D eigenvalue weighted by atomic mass is 16.8. The first kappa shape index (κ1) is 18.9. The van der Waals surface area contributed by atoms with Crippen LogP contribution in [0.2, 0.25) is 0 Å². The van der Waals surface area contributed by atoms with E-state index in [0.29, 0.717) is 0 Å². The predicted molar refractivity (Wildman–Crippen MR) is 68.6 cm³/mol. The second-order valence-electron chi connectivity index (χ2n) is 5.53. The maximum Gasteiger partial charge on any atom is 0.187 e. The first-order chi connectivity index (χ1) is 10.8. The number of ether oxygens (including phenoxy) is 3. The zero-order valence-electron chi connectivity index (χ0n) is 12.0. The summed E-state index contributed by atoms with van der Waals surface area (Å²) in [5.41, 5.74) is 0. The van der Waals surface area contributed by atoms with Crippen LogP contribution in [0, 0.1) is 0 Å². The molecule has 0 aromatic rings. The van der Waals surface area contributed by atoms with Gasteiger partial charge in [0.1, 0.15) is 48.8 Å². The molecule has 11 nitrogen and oxygen atoms in total. The molecule has 2 aliphatic heterocycles. The van der Waals surface area contributed by atoms with Crippen molar-refractivity contribution in [3.8, 4) is 0 Å². The summed E-state index contributed by atoms with van der Waals surface area (Å²) >= 11 is 0. The monoisotopic (exact) mass is 343 g/mol. The number of hydrogen-bond donors (Lipinski definition) is 8. The molecule has 0 spiro atoms. The van der Waals surface area contributed by atoms with Gasteiger partial charge in [-0.15, -0.1) is 0 Å². The number of rotatable bonds is 4. The lowest BCUT2D eigenvalue weighted by Crippen LogP contribution is -2.64. The van der Waals surface area contributed by atoms with Crippen LogP contribution < -0.4 is 0 Å². The molecule has 2 fully saturated rings. The van der Waals surface area contributed by atoms with Crippen molar-refractivity contribution in [2.75, 3.05) is 13.2 Å². The Labute approximate surface area is 130 Å². The van der Waals surface area contributed by atoms with Gasteiger partial charge < -0.3 is 55.1 Å². The Kier molecular flexibility index (Phi) is 6.27. The van der Waals surface area contributed by atoms with E-state index >= 15 is 0 Å². The third kappa shape index (κ3) is 3.65. The van der Waals surface area contributed by atoms with E-state index in [0.717, 1.165) is 0 Å². The van der Waals surface area contributed by atoms with Gasteiger partial charge in [-0.2, -0.15) is 0 Å². The molecule has 10 atom stereocenters. The maximum atomic E-state index is 9.94. The topological polar surface area (TPSA) is 190 Å². The first-order valence-corrected chi connectivity index (χ1v) is 7.08. The standard InChI is InChI=1S/C12H22O11/c13-1-3-5(15)6(16)9(19)12(22-3)23-10-4(2-14)21-11(20)8(18)7(10)17/h3-20H,1-2H2/t3-,4-,5-,6+,7-,8-,9-,10-,11-,12+/m1/s1/i12+1. The summed E-state index contributed by atoms with van der Waals surface area (Å²) in [5, 5.41) is 76.5. The molecular formula is C12H22O11. The van der Waals surface area contributed by atoms with E-state index in [2.05, 4.69) is 0 Å². The van der Waals surface area contributed by atoms with Crippen molar-refractivity contribution < 1.29 is 55.1 Å². The quantitative estimate of drug-likeness (QED) is 0.227. The fourth-order valence-corrected chi connectivity index (χ4v) is 2.57. The molecule has 0 aromatic heterocycles. The SMILES string of the molecule is OC[C@H]1O[13C@@H](O[C@H]2[C@H](O)[C@@H](O)[C@H](O)O[C@@H]2CO)[C@H](O)[C@@H](O)[C@@H]1O. The third-order valence-electron chi connectivity index (χ3n) is 3.98. The van der Waals surface area contributed by atoms with Crippen LogP contribution in [0.15, 0.2) is 0 Å². The molecule has 8 N–H and O–H groups in total. The van der Waals surface area contributed by atoms with Gasteiger partial charge in [-0.1, -0.05) is 0 Å². The van der Waals surface area contributed by atoms with Crippen molar-refractivity contribution in [3.05, 3.63) is 0 Å². The Hall–Kier alpha value is -0.440. The Morgan fingerprint density at radius 3 is 1.83 bits per heavy atom. The molecule has 0 unspecified atom stereocenters. The van der Waals surface area contributed by atoms with Gasteiger partial charge in [0.15, 0.2) is 12.6 Å². The number of aliphatic hydroxyl groups excluding tert-OH is 8. The van der Waals surface area contributed by atoms with E-state index in [1.165, 1.54) is 0 Å². The molecule has 136 valence electrons. The lowest BCUT2D eigenvalue weighted by atomic mass is 9.99. The van der Waals surface area contributed by atoms with E-state index in [1.807, 2.05) is 0 Å². The van der Waals surface area contributed by atoms with Crippen LogP contribution >= 0.6 is 0 Å². The van der Waals surface area contributed by atoms with E-state index in [4.69, 9.17) is 19.3 Å². The second-order valence-corrected chi connectivity index (χ2v) is 5.53. The molecule has 0 radical (unpaired) electrons. The summed E-state index contributed by atoms with van der Waals surface area (Å²) in [4.78, 5) is 0. The third-order valence-corrected chi connectivity index (χ3v) is 3.98. The number of hydrogen-bond acceptors (Lipinski definition) is 11. The Bertz CT molecular complexity index is 378. The molecule has 23 heavy (non-hydrogen) atoms. The fourth-order valence-electron chi connectivity index (χ4n) is 2.57. The van der Waals surface area contributed by atoms with Gasteiger partial charge >= 0.3 is 0 Å². The second kappa shape index (κ2) is 7.63. The summed E-state index contributed by atoms with van der Waals surface area (Å²) in [6, 6.07) is 0. The van der Waals surface area contributed by atoms with Crippen molar-refractivity contribution in [3.63, 3.8) is 0 Å². The van der Waals surface area contributed by atoms with E-state index in [-0.39, 0.29) is 0 Å². The van der Waals surface area contributed by atoms with Gasteiger partial charge in [-0.05, 0) is 0 Å². The molecule has 0 aromatic carbocycles. The molecule has 2 saturated heterocycles. The summed E-state index contributed by atoms with van der Waals surface area (Å²) in [5.74, 6) is 0. The Morgan fingerprint density at radius 1 is 0.652 bits per heavy atom. The summed E-state index contributed by atoms with van der Waals surface area (Å²) < 4.78 is 15.3. The maximum absolute atomic E-state index is 9.94. The van der Waals surface area contributed by atoms with E-state index in [9.17, 15) is 35.7 Å². The molecule has 0 saturated carbocycles. The van der Waals surface area contributed by atoms with Crippen LogP contribution in [0.4, 0.5) is 0 Å². The van der Waals surface area contributed by atoms with Crippen molar-refractivity contribution in [1.82, 2.24) is 0 Å². The first-order valence-electron chi connectivity index (χ1n) is 7.08. The van der Waals surface area contributed by atoms with E-state index < -0.39 is 74.6 Å². The van der Waals surface area contributed by atoms with Crippen molar-refractivity contribution in [2.24, 2.45) is 0 Å². The van der Waals surface area contributed by atoms with Gasteiger partial charge in [0.25, 0.3) is 0 Å². The van der Waals surface area contributed by atoms with Crippen LogP contribution in [0.3, 0.4) is 0 Å². The minimum atomic E-state index is -1.74. The van der Waals surface area contributed by atoms with Crippen molar-refractivity contribution in [1.29, 1.82) is 0 Å². The van der Waals surface area contributed by atoms with E-state index in [1.54, 1.807) is 0 Å². The van der Waals surface area contributed by atoms with Gasteiger partial charge in [-0.25, -0.2) is 0 Å². The van der Waals surface area contributed by atoms with Crippen LogP contribution in [0.5, 0.6) is 0 Å². The lowest BCUT2D eigenvalue weighted by Gasteiger charge is -2.45. The Morgan fingerprint density at radius 2 is 1.26 bits per heavy atom. The van der Waals surface area contributed by atoms with Crippen molar-refractivity contribution in [2.45, 2.75) is 61.4 Å². The highest BCUT2D eigenvalue weighted by Crippen LogP contribution is 2.28. The smallest absolute Gasteiger partial charge is 0.187 e. The minimum Gasteiger partial charge on any atom is -0.394 e. The molecule has 11 heteroatoms. The van der Waals surface area contributed by atoms with Crippen molar-refractivity contribution >= 4 is 0 Å². The summed E-state index contributed by atoms with van der Waals surface area (Å²) in [6.45, 7) is -1.35.